The van der Waals surface area contributed by atoms with E-state index in [1.807, 2.05) is 13.0 Å². The summed E-state index contributed by atoms with van der Waals surface area (Å²) in [5.74, 6) is 0.405. The van der Waals surface area contributed by atoms with Crippen molar-refractivity contribution in [2.75, 3.05) is 24.7 Å². The van der Waals surface area contributed by atoms with Gasteiger partial charge in [0.2, 0.25) is 0 Å². The minimum Gasteiger partial charge on any atom is -0.505 e. The molecule has 3 N–H and O–H groups in total. The topological polar surface area (TPSA) is 112 Å². The van der Waals surface area contributed by atoms with Gasteiger partial charge in [-0.25, -0.2) is 0 Å². The van der Waals surface area contributed by atoms with Crippen molar-refractivity contribution >= 4 is 23.0 Å². The lowest BCUT2D eigenvalue weighted by Gasteiger charge is -2.21. The van der Waals surface area contributed by atoms with Gasteiger partial charge in [-0.3, -0.25) is 14.4 Å². The summed E-state index contributed by atoms with van der Waals surface area (Å²) >= 11 is 0. The van der Waals surface area contributed by atoms with E-state index in [4.69, 9.17) is 4.42 Å². The molecule has 1 fully saturated rings. The molecule has 1 aliphatic carbocycles. The molecule has 3 aromatic rings. The van der Waals surface area contributed by atoms with Crippen LogP contribution in [0.5, 0.6) is 5.75 Å². The maximum absolute atomic E-state index is 12.3. The summed E-state index contributed by atoms with van der Waals surface area (Å²) < 4.78 is 5.70. The first-order valence-corrected chi connectivity index (χ1v) is 10.3. The number of phenols is 1. The Morgan fingerprint density at radius 3 is 2.55 bits per heavy atom. The highest BCUT2D eigenvalue weighted by Crippen LogP contribution is 2.44. The number of anilines is 3. The zero-order valence-electron chi connectivity index (χ0n) is 17.7. The number of phenolic OH excluding ortho intramolecular Hbond substituents is 1. The second-order valence-corrected chi connectivity index (χ2v) is 8.10. The second kappa shape index (κ2) is 7.94. The first-order valence-electron chi connectivity index (χ1n) is 10.3. The normalized spacial score (nSPS) is 14.4. The Labute approximate surface area is 179 Å². The first-order chi connectivity index (χ1) is 14.8. The molecule has 1 heterocycles. The number of aromatic hydroxyl groups is 1. The van der Waals surface area contributed by atoms with Crippen molar-refractivity contribution < 1.29 is 14.3 Å². The molecular formula is C23H25N3O5. The molecule has 1 atom stereocenters. The van der Waals surface area contributed by atoms with Crippen molar-refractivity contribution in [3.05, 3.63) is 67.9 Å². The number of nitrogens with one attached hydrogen (secondary N) is 2. The number of carbonyl (C=O) groups excluding carboxylic acids is 1. The van der Waals surface area contributed by atoms with Crippen LogP contribution < -0.4 is 21.5 Å². The van der Waals surface area contributed by atoms with Crippen molar-refractivity contribution in [2.45, 2.75) is 32.2 Å². The molecule has 0 unspecified atom stereocenters. The van der Waals surface area contributed by atoms with E-state index in [9.17, 15) is 19.5 Å². The SMILES string of the molecule is CCc1coc([C@H](Nc2c(Nc3cccc(C(=O)N(C)C)c3O)c(=O)c2=O)C2CC2)c1. The van der Waals surface area contributed by atoms with Gasteiger partial charge in [-0.05, 0) is 48.9 Å². The highest BCUT2D eigenvalue weighted by atomic mass is 16.3. The first kappa shape index (κ1) is 20.7. The van der Waals surface area contributed by atoms with Crippen LogP contribution in [-0.4, -0.2) is 30.0 Å². The Kier molecular flexibility index (Phi) is 5.31. The summed E-state index contributed by atoms with van der Waals surface area (Å²) in [6, 6.07) is 6.39. The standard InChI is InChI=1S/C23H25N3O5/c1-4-12-10-16(31-11-12)17(13-8-9-13)25-19-18(21(28)22(19)29)24-15-7-5-6-14(20(15)27)23(30)26(2)3/h5-7,10-11,13,17,24-25,27H,4,8-9H2,1-3H3/t17-/m1/s1. The van der Waals surface area contributed by atoms with Crippen LogP contribution in [0.3, 0.4) is 0 Å². The number of carbonyl (C=O) groups is 1. The van der Waals surface area contributed by atoms with Crippen molar-refractivity contribution in [2.24, 2.45) is 5.92 Å². The van der Waals surface area contributed by atoms with Gasteiger partial charge >= 0.3 is 0 Å². The number of hydrogen-bond acceptors (Lipinski definition) is 7. The van der Waals surface area contributed by atoms with E-state index in [0.29, 0.717) is 5.92 Å². The van der Waals surface area contributed by atoms with E-state index in [2.05, 4.69) is 10.6 Å². The number of amides is 1. The molecular weight excluding hydrogens is 398 g/mol. The van der Waals surface area contributed by atoms with Crippen LogP contribution in [0.4, 0.5) is 17.1 Å². The van der Waals surface area contributed by atoms with Crippen LogP contribution in [-0.2, 0) is 6.42 Å². The largest absolute Gasteiger partial charge is 0.505 e. The lowest BCUT2D eigenvalue weighted by atomic mass is 10.1. The van der Waals surface area contributed by atoms with Crippen LogP contribution in [0.15, 0.2) is 44.5 Å². The lowest BCUT2D eigenvalue weighted by molar-refractivity contribution is 0.0824. The third kappa shape index (κ3) is 3.81. The van der Waals surface area contributed by atoms with E-state index in [0.717, 1.165) is 30.6 Å². The highest BCUT2D eigenvalue weighted by Gasteiger charge is 2.37. The van der Waals surface area contributed by atoms with Crippen LogP contribution in [0, 0.1) is 5.92 Å². The van der Waals surface area contributed by atoms with Gasteiger partial charge in [0, 0.05) is 14.1 Å². The maximum atomic E-state index is 12.3. The summed E-state index contributed by atoms with van der Waals surface area (Å²) in [5, 5.41) is 16.6. The smallest absolute Gasteiger partial charge is 0.257 e. The molecule has 0 radical (unpaired) electrons. The molecule has 0 aliphatic heterocycles. The maximum Gasteiger partial charge on any atom is 0.257 e. The molecule has 1 aromatic heterocycles. The summed E-state index contributed by atoms with van der Waals surface area (Å²) in [7, 11) is 3.16. The minimum atomic E-state index is -0.672. The number of benzene rings is 1. The summed E-state index contributed by atoms with van der Waals surface area (Å²) in [6.07, 6.45) is 4.56. The molecule has 1 amide bonds. The molecule has 31 heavy (non-hydrogen) atoms. The minimum absolute atomic E-state index is 0.0719. The zero-order valence-corrected chi connectivity index (χ0v) is 17.7. The molecule has 0 spiro atoms. The van der Waals surface area contributed by atoms with Gasteiger partial charge in [-0.2, -0.15) is 0 Å². The number of hydrogen-bond donors (Lipinski definition) is 3. The average Bonchev–Trinajstić information content (AvgIpc) is 3.49. The summed E-state index contributed by atoms with van der Waals surface area (Å²) in [4.78, 5) is 38.2. The fourth-order valence-electron chi connectivity index (χ4n) is 3.59. The van der Waals surface area contributed by atoms with Crippen molar-refractivity contribution in [1.29, 1.82) is 0 Å². The number of furan rings is 1. The van der Waals surface area contributed by atoms with Crippen molar-refractivity contribution in [3.8, 4) is 5.75 Å². The van der Waals surface area contributed by atoms with Crippen LogP contribution >= 0.6 is 0 Å². The van der Waals surface area contributed by atoms with E-state index in [1.54, 1.807) is 32.5 Å². The molecule has 0 bridgehead atoms. The Balaban J connectivity index is 1.62. The van der Waals surface area contributed by atoms with Crippen LogP contribution in [0.25, 0.3) is 0 Å². The Morgan fingerprint density at radius 2 is 1.94 bits per heavy atom. The Hall–Kier alpha value is -3.55. The molecule has 1 aliphatic rings. The van der Waals surface area contributed by atoms with E-state index < -0.39 is 10.9 Å². The quantitative estimate of drug-likeness (QED) is 0.377. The van der Waals surface area contributed by atoms with E-state index in [1.165, 1.54) is 11.0 Å². The van der Waals surface area contributed by atoms with Crippen molar-refractivity contribution in [1.82, 2.24) is 4.90 Å². The third-order valence-electron chi connectivity index (χ3n) is 5.62. The number of para-hydroxylation sites is 1. The number of rotatable bonds is 8. The van der Waals surface area contributed by atoms with Crippen LogP contribution in [0.2, 0.25) is 0 Å². The molecule has 1 saturated carbocycles. The van der Waals surface area contributed by atoms with Gasteiger partial charge in [-0.15, -0.1) is 0 Å². The fraction of sp³-hybridized carbons (Fsp3) is 0.348. The monoisotopic (exact) mass is 423 g/mol. The van der Waals surface area contributed by atoms with Gasteiger partial charge in [0.1, 0.15) is 17.1 Å². The van der Waals surface area contributed by atoms with E-state index >= 15 is 0 Å². The lowest BCUT2D eigenvalue weighted by Crippen LogP contribution is -2.37. The molecule has 4 rings (SSSR count). The summed E-state index contributed by atoms with van der Waals surface area (Å²) in [6.45, 7) is 2.04. The van der Waals surface area contributed by atoms with Gasteiger partial charge in [0.15, 0.2) is 5.75 Å². The highest BCUT2D eigenvalue weighted by molar-refractivity contribution is 5.99. The summed E-state index contributed by atoms with van der Waals surface area (Å²) in [5.41, 5.74) is 0.296. The fourth-order valence-corrected chi connectivity index (χ4v) is 3.59. The Morgan fingerprint density at radius 1 is 1.23 bits per heavy atom. The second-order valence-electron chi connectivity index (χ2n) is 8.10. The Bertz CT molecular complexity index is 1200. The van der Waals surface area contributed by atoms with Gasteiger partial charge in [-0.1, -0.05) is 13.0 Å². The molecule has 8 heteroatoms. The molecule has 162 valence electrons. The average molecular weight is 423 g/mol. The van der Waals surface area contributed by atoms with Gasteiger partial charge in [0.25, 0.3) is 16.8 Å². The van der Waals surface area contributed by atoms with Crippen LogP contribution in [0.1, 0.15) is 47.5 Å². The predicted molar refractivity (Wildman–Crippen MR) is 118 cm³/mol. The molecule has 0 saturated heterocycles. The van der Waals surface area contributed by atoms with Gasteiger partial charge < -0.3 is 25.1 Å². The van der Waals surface area contributed by atoms with Gasteiger partial charge in [0.05, 0.1) is 23.6 Å². The molecule has 8 nitrogen and oxygen atoms in total. The zero-order chi connectivity index (χ0) is 22.3. The molecule has 2 aromatic carbocycles. The number of nitrogens with zero attached hydrogens (tertiary/aromatic N) is 1. The van der Waals surface area contributed by atoms with E-state index in [-0.39, 0.29) is 40.3 Å². The predicted octanol–water partition coefficient (Wildman–Crippen LogP) is 3.15. The third-order valence-corrected chi connectivity index (χ3v) is 5.62. The van der Waals surface area contributed by atoms with Crippen molar-refractivity contribution in [3.63, 3.8) is 0 Å². The number of aryl methyl sites for hydroxylation is 1.